The van der Waals surface area contributed by atoms with Crippen molar-refractivity contribution in [2.24, 2.45) is 12.5 Å². The van der Waals surface area contributed by atoms with Gasteiger partial charge in [-0.05, 0) is 45.0 Å². The minimum absolute atomic E-state index is 0.0276. The first-order chi connectivity index (χ1) is 14.0. The number of imidazole rings is 1. The van der Waals surface area contributed by atoms with Crippen molar-refractivity contribution in [1.82, 2.24) is 29.7 Å². The quantitative estimate of drug-likeness (QED) is 0.836. The Balaban J connectivity index is 1.57. The van der Waals surface area contributed by atoms with Crippen molar-refractivity contribution in [1.29, 1.82) is 0 Å². The summed E-state index contributed by atoms with van der Waals surface area (Å²) in [5.41, 5.74) is 0.702. The van der Waals surface area contributed by atoms with Gasteiger partial charge in [0.15, 0.2) is 0 Å². The van der Waals surface area contributed by atoms with E-state index >= 15 is 0 Å². The van der Waals surface area contributed by atoms with E-state index in [1.165, 1.54) is 0 Å². The standard InChI is InChI=1S/C21H28N6O2/c1-25-11-8-21(20(29)23-12-16-6-3-4-9-22-16)7-5-10-27(18(21)14-25)19(28)17-13-26(2)15-24-17/h3-4,6,9,13,15,18H,5,7-8,10-12,14H2,1-2H3,(H,23,29)/t18-,21-/m1/s1. The van der Waals surface area contributed by atoms with Crippen molar-refractivity contribution in [3.05, 3.63) is 48.3 Å². The minimum Gasteiger partial charge on any atom is -0.350 e. The van der Waals surface area contributed by atoms with E-state index in [-0.39, 0.29) is 17.9 Å². The molecule has 0 saturated carbocycles. The van der Waals surface area contributed by atoms with E-state index in [9.17, 15) is 9.59 Å². The second kappa shape index (κ2) is 7.94. The van der Waals surface area contributed by atoms with E-state index < -0.39 is 5.41 Å². The average Bonchev–Trinajstić information content (AvgIpc) is 3.18. The Morgan fingerprint density at radius 3 is 2.79 bits per heavy atom. The summed E-state index contributed by atoms with van der Waals surface area (Å²) in [6, 6.07) is 5.52. The molecule has 2 aliphatic rings. The SMILES string of the molecule is CN1CC[C@]2(C(=O)NCc3ccccn3)CCCN(C(=O)c3cn(C)cn3)[C@@H]2C1. The molecule has 0 unspecified atom stereocenters. The zero-order valence-electron chi connectivity index (χ0n) is 17.0. The molecule has 2 aliphatic heterocycles. The van der Waals surface area contributed by atoms with Crippen LogP contribution < -0.4 is 5.32 Å². The third-order valence-corrected chi connectivity index (χ3v) is 6.25. The maximum absolute atomic E-state index is 13.4. The van der Waals surface area contributed by atoms with Crippen LogP contribution in [0.25, 0.3) is 0 Å². The summed E-state index contributed by atoms with van der Waals surface area (Å²) in [4.78, 5) is 39.3. The van der Waals surface area contributed by atoms with Crippen LogP contribution in [0.3, 0.4) is 0 Å². The Morgan fingerprint density at radius 1 is 1.21 bits per heavy atom. The van der Waals surface area contributed by atoms with Crippen molar-refractivity contribution in [2.75, 3.05) is 26.7 Å². The lowest BCUT2D eigenvalue weighted by molar-refractivity contribution is -0.142. The molecule has 2 atom stereocenters. The number of nitrogens with one attached hydrogen (secondary N) is 1. The molecular formula is C21H28N6O2. The molecule has 2 saturated heterocycles. The van der Waals surface area contributed by atoms with E-state index in [1.807, 2.05) is 37.2 Å². The van der Waals surface area contributed by atoms with Crippen molar-refractivity contribution in [3.63, 3.8) is 0 Å². The van der Waals surface area contributed by atoms with Gasteiger partial charge in [-0.25, -0.2) is 4.98 Å². The smallest absolute Gasteiger partial charge is 0.274 e. The number of carbonyl (C=O) groups excluding carboxylic acids is 2. The van der Waals surface area contributed by atoms with Gasteiger partial charge in [0.05, 0.1) is 30.0 Å². The van der Waals surface area contributed by atoms with Gasteiger partial charge in [-0.1, -0.05) is 6.07 Å². The van der Waals surface area contributed by atoms with Gasteiger partial charge in [-0.2, -0.15) is 0 Å². The molecule has 154 valence electrons. The normalized spacial score (nSPS) is 24.8. The molecule has 2 fully saturated rings. The molecule has 2 aromatic heterocycles. The van der Waals surface area contributed by atoms with Crippen molar-refractivity contribution < 1.29 is 9.59 Å². The monoisotopic (exact) mass is 396 g/mol. The zero-order valence-corrected chi connectivity index (χ0v) is 17.0. The highest BCUT2D eigenvalue weighted by atomic mass is 16.2. The number of pyridine rings is 1. The fourth-order valence-electron chi connectivity index (χ4n) is 4.67. The van der Waals surface area contributed by atoms with Gasteiger partial charge >= 0.3 is 0 Å². The maximum atomic E-state index is 13.4. The number of nitrogens with zero attached hydrogens (tertiary/aromatic N) is 5. The van der Waals surface area contributed by atoms with Gasteiger partial charge in [0.2, 0.25) is 5.91 Å². The minimum atomic E-state index is -0.565. The van der Waals surface area contributed by atoms with Gasteiger partial charge in [0.25, 0.3) is 5.91 Å². The number of likely N-dealkylation sites (tertiary alicyclic amines) is 2. The summed E-state index contributed by atoms with van der Waals surface area (Å²) in [5, 5.41) is 3.10. The molecule has 0 radical (unpaired) electrons. The molecule has 4 rings (SSSR count). The molecule has 0 aliphatic carbocycles. The molecule has 4 heterocycles. The molecule has 2 aromatic rings. The van der Waals surface area contributed by atoms with Crippen LogP contribution >= 0.6 is 0 Å². The van der Waals surface area contributed by atoms with E-state index in [4.69, 9.17) is 0 Å². The molecular weight excluding hydrogens is 368 g/mol. The number of likely N-dealkylation sites (N-methyl/N-ethyl adjacent to an activating group) is 1. The third kappa shape index (κ3) is 3.76. The fraction of sp³-hybridized carbons (Fsp3) is 0.524. The maximum Gasteiger partial charge on any atom is 0.274 e. The summed E-state index contributed by atoms with van der Waals surface area (Å²) in [6.45, 7) is 2.59. The van der Waals surface area contributed by atoms with E-state index in [0.717, 1.165) is 31.5 Å². The summed E-state index contributed by atoms with van der Waals surface area (Å²) in [5.74, 6) is -0.0627. The second-order valence-corrected chi connectivity index (χ2v) is 8.21. The number of hydrogen-bond acceptors (Lipinski definition) is 5. The van der Waals surface area contributed by atoms with Crippen LogP contribution in [-0.2, 0) is 18.4 Å². The lowest BCUT2D eigenvalue weighted by Gasteiger charge is -2.53. The largest absolute Gasteiger partial charge is 0.350 e. The van der Waals surface area contributed by atoms with Crippen LogP contribution in [0, 0.1) is 5.41 Å². The van der Waals surface area contributed by atoms with Gasteiger partial charge < -0.3 is 19.7 Å². The van der Waals surface area contributed by atoms with Crippen LogP contribution in [0.5, 0.6) is 0 Å². The number of aryl methyl sites for hydroxylation is 1. The molecule has 0 bridgehead atoms. The Labute approximate surface area is 170 Å². The molecule has 0 aromatic carbocycles. The Kier molecular flexibility index (Phi) is 5.36. The molecule has 1 N–H and O–H groups in total. The summed E-state index contributed by atoms with van der Waals surface area (Å²) < 4.78 is 1.77. The second-order valence-electron chi connectivity index (χ2n) is 8.21. The van der Waals surface area contributed by atoms with Crippen LogP contribution in [0.1, 0.15) is 35.4 Å². The van der Waals surface area contributed by atoms with Crippen molar-refractivity contribution in [3.8, 4) is 0 Å². The topological polar surface area (TPSA) is 83.4 Å². The number of hydrogen-bond donors (Lipinski definition) is 1. The van der Waals surface area contributed by atoms with Crippen LogP contribution in [-0.4, -0.2) is 68.9 Å². The lowest BCUT2D eigenvalue weighted by atomic mass is 9.67. The number of carbonyl (C=O) groups is 2. The lowest BCUT2D eigenvalue weighted by Crippen LogP contribution is -2.66. The zero-order chi connectivity index (χ0) is 20.4. The number of amides is 2. The van der Waals surface area contributed by atoms with Crippen LogP contribution in [0.4, 0.5) is 0 Å². The summed E-state index contributed by atoms with van der Waals surface area (Å²) in [6.07, 6.45) is 7.46. The number of rotatable bonds is 4. The van der Waals surface area contributed by atoms with Crippen molar-refractivity contribution in [2.45, 2.75) is 31.8 Å². The van der Waals surface area contributed by atoms with Gasteiger partial charge in [-0.3, -0.25) is 14.6 Å². The first-order valence-electron chi connectivity index (χ1n) is 10.2. The highest BCUT2D eigenvalue weighted by molar-refractivity contribution is 5.93. The molecule has 0 spiro atoms. The van der Waals surface area contributed by atoms with Crippen LogP contribution in [0.15, 0.2) is 36.9 Å². The molecule has 8 heteroatoms. The van der Waals surface area contributed by atoms with Gasteiger partial charge in [-0.15, -0.1) is 0 Å². The van der Waals surface area contributed by atoms with Gasteiger partial charge in [0, 0.05) is 32.5 Å². The molecule has 2 amide bonds. The van der Waals surface area contributed by atoms with Crippen LogP contribution in [0.2, 0.25) is 0 Å². The highest BCUT2D eigenvalue weighted by Crippen LogP contribution is 2.43. The van der Waals surface area contributed by atoms with E-state index in [2.05, 4.69) is 20.2 Å². The van der Waals surface area contributed by atoms with E-state index in [0.29, 0.717) is 25.3 Å². The van der Waals surface area contributed by atoms with Crippen molar-refractivity contribution >= 4 is 11.8 Å². The van der Waals surface area contributed by atoms with E-state index in [1.54, 1.807) is 23.3 Å². The number of piperidine rings is 2. The molecule has 8 nitrogen and oxygen atoms in total. The average molecular weight is 396 g/mol. The first kappa shape index (κ1) is 19.6. The predicted molar refractivity (Wildman–Crippen MR) is 108 cm³/mol. The highest BCUT2D eigenvalue weighted by Gasteiger charge is 2.53. The third-order valence-electron chi connectivity index (χ3n) is 6.25. The molecule has 29 heavy (non-hydrogen) atoms. The summed E-state index contributed by atoms with van der Waals surface area (Å²) in [7, 11) is 3.90. The Morgan fingerprint density at radius 2 is 2.07 bits per heavy atom. The fourth-order valence-corrected chi connectivity index (χ4v) is 4.67. The Bertz CT molecular complexity index is 882. The number of aromatic nitrogens is 3. The Hall–Kier alpha value is -2.74. The van der Waals surface area contributed by atoms with Gasteiger partial charge in [0.1, 0.15) is 5.69 Å². The number of fused-ring (bicyclic) bond motifs is 1. The summed E-state index contributed by atoms with van der Waals surface area (Å²) >= 11 is 0. The predicted octanol–water partition coefficient (Wildman–Crippen LogP) is 1.06. The first-order valence-corrected chi connectivity index (χ1v) is 10.2.